The predicted octanol–water partition coefficient (Wildman–Crippen LogP) is 2.50. The van der Waals surface area contributed by atoms with E-state index in [1.165, 1.54) is 5.56 Å². The van der Waals surface area contributed by atoms with Crippen LogP contribution < -0.4 is 0 Å². The fraction of sp³-hybridized carbons (Fsp3) is 0.550. The molecule has 1 aromatic carbocycles. The van der Waals surface area contributed by atoms with Crippen molar-refractivity contribution in [2.75, 3.05) is 52.6 Å². The van der Waals surface area contributed by atoms with Gasteiger partial charge in [0.15, 0.2) is 5.78 Å². The Hall–Kier alpha value is -1.85. The molecule has 0 amide bonds. The molecule has 0 unspecified atom stereocenters. The molecule has 0 saturated carbocycles. The average Bonchev–Trinajstić information content (AvgIpc) is 2.67. The molecule has 25 heavy (non-hydrogen) atoms. The highest BCUT2D eigenvalue weighted by Gasteiger charge is 2.22. The molecule has 0 aliphatic carbocycles. The van der Waals surface area contributed by atoms with Gasteiger partial charge in [-0.05, 0) is 11.5 Å². The van der Waals surface area contributed by atoms with Crippen LogP contribution in [0.2, 0.25) is 0 Å². The Labute approximate surface area is 150 Å². The van der Waals surface area contributed by atoms with Crippen molar-refractivity contribution in [3.63, 3.8) is 0 Å². The van der Waals surface area contributed by atoms with E-state index in [0.717, 1.165) is 37.6 Å². The molecule has 2 fully saturated rings. The second kappa shape index (κ2) is 8.50. The summed E-state index contributed by atoms with van der Waals surface area (Å²) in [7, 11) is 0. The third kappa shape index (κ3) is 4.61. The van der Waals surface area contributed by atoms with E-state index in [-0.39, 0.29) is 5.78 Å². The molecule has 5 nitrogen and oxygen atoms in total. The van der Waals surface area contributed by atoms with E-state index in [9.17, 15) is 4.79 Å². The monoisotopic (exact) mass is 344 g/mol. The molecule has 3 rings (SSSR count). The third-order valence-corrected chi connectivity index (χ3v) is 4.79. The van der Waals surface area contributed by atoms with Crippen molar-refractivity contribution in [1.29, 1.82) is 0 Å². The fourth-order valence-electron chi connectivity index (χ4n) is 3.20. The number of nitrogens with zero attached hydrogens (tertiary/aromatic N) is 2. The van der Waals surface area contributed by atoms with Crippen LogP contribution in [0.3, 0.4) is 0 Å². The molecule has 2 saturated heterocycles. The van der Waals surface area contributed by atoms with Crippen LogP contribution in [0.5, 0.6) is 0 Å². The van der Waals surface area contributed by atoms with Gasteiger partial charge in [-0.15, -0.1) is 0 Å². The van der Waals surface area contributed by atoms with Crippen molar-refractivity contribution in [3.05, 3.63) is 47.3 Å². The summed E-state index contributed by atoms with van der Waals surface area (Å²) in [5, 5.41) is 0. The molecule has 0 N–H and O–H groups in total. The smallest absolute Gasteiger partial charge is 0.189 e. The molecule has 2 aliphatic rings. The van der Waals surface area contributed by atoms with Crippen LogP contribution in [0, 0.1) is 0 Å². The Morgan fingerprint density at radius 3 is 1.84 bits per heavy atom. The van der Waals surface area contributed by atoms with E-state index in [1.54, 1.807) is 6.08 Å². The van der Waals surface area contributed by atoms with E-state index in [0.29, 0.717) is 32.3 Å². The molecular formula is C20H28N2O3. The summed E-state index contributed by atoms with van der Waals surface area (Å²) in [6, 6.07) is 7.97. The van der Waals surface area contributed by atoms with E-state index >= 15 is 0 Å². The van der Waals surface area contributed by atoms with Crippen molar-refractivity contribution in [2.24, 2.45) is 0 Å². The second-order valence-electron chi connectivity index (χ2n) is 6.84. The first kappa shape index (κ1) is 18.0. The second-order valence-corrected chi connectivity index (χ2v) is 6.84. The lowest BCUT2D eigenvalue weighted by molar-refractivity contribution is 0.00840. The van der Waals surface area contributed by atoms with Gasteiger partial charge < -0.3 is 19.3 Å². The zero-order valence-corrected chi connectivity index (χ0v) is 15.2. The molecule has 0 bridgehead atoms. The maximum absolute atomic E-state index is 12.8. The molecule has 0 aromatic heterocycles. The maximum atomic E-state index is 12.8. The summed E-state index contributed by atoms with van der Waals surface area (Å²) in [5.74, 6) is 1.53. The number of benzene rings is 1. The first-order chi connectivity index (χ1) is 12.1. The van der Waals surface area contributed by atoms with Gasteiger partial charge in [-0.3, -0.25) is 4.79 Å². The van der Waals surface area contributed by atoms with Crippen molar-refractivity contribution in [1.82, 2.24) is 9.80 Å². The summed E-state index contributed by atoms with van der Waals surface area (Å²) < 4.78 is 10.9. The Bertz CT molecular complexity index is 578. The highest BCUT2D eigenvalue weighted by Crippen LogP contribution is 2.18. The minimum atomic E-state index is 0.0586. The summed E-state index contributed by atoms with van der Waals surface area (Å²) in [5.41, 5.74) is 1.99. The van der Waals surface area contributed by atoms with Gasteiger partial charge in [0.05, 0.1) is 26.4 Å². The first-order valence-corrected chi connectivity index (χ1v) is 9.16. The average molecular weight is 344 g/mol. The van der Waals surface area contributed by atoms with Crippen molar-refractivity contribution >= 4 is 5.78 Å². The van der Waals surface area contributed by atoms with Gasteiger partial charge in [0.2, 0.25) is 0 Å². The highest BCUT2D eigenvalue weighted by molar-refractivity contribution is 6.04. The minimum Gasteiger partial charge on any atom is -0.378 e. The number of carbonyl (C=O) groups is 1. The van der Waals surface area contributed by atoms with Crippen LogP contribution in [0.15, 0.2) is 36.2 Å². The Kier molecular flexibility index (Phi) is 6.10. The van der Waals surface area contributed by atoms with Crippen LogP contribution in [-0.2, 0) is 9.47 Å². The standard InChI is InChI=1S/C20H28N2O3/c1-16(2)17-3-5-18(6-4-17)19(23)15-20(21-7-11-24-12-8-21)22-9-13-25-14-10-22/h3-6,15-16H,7-14H2,1-2H3. The zero-order chi connectivity index (χ0) is 17.6. The van der Waals surface area contributed by atoms with Crippen LogP contribution in [0.1, 0.15) is 35.7 Å². The Morgan fingerprint density at radius 2 is 1.40 bits per heavy atom. The number of ketones is 1. The van der Waals surface area contributed by atoms with Crippen molar-refractivity contribution < 1.29 is 14.3 Å². The first-order valence-electron chi connectivity index (χ1n) is 9.16. The van der Waals surface area contributed by atoms with Crippen molar-refractivity contribution in [3.8, 4) is 0 Å². The van der Waals surface area contributed by atoms with Crippen LogP contribution in [0.25, 0.3) is 0 Å². The zero-order valence-electron chi connectivity index (χ0n) is 15.2. The lowest BCUT2D eigenvalue weighted by Crippen LogP contribution is -2.46. The van der Waals surface area contributed by atoms with Gasteiger partial charge in [0.25, 0.3) is 0 Å². The van der Waals surface area contributed by atoms with Gasteiger partial charge in [-0.1, -0.05) is 38.1 Å². The topological polar surface area (TPSA) is 42.0 Å². The summed E-state index contributed by atoms with van der Waals surface area (Å²) >= 11 is 0. The van der Waals surface area contributed by atoms with Gasteiger partial charge >= 0.3 is 0 Å². The quantitative estimate of drug-likeness (QED) is 0.606. The molecule has 136 valence electrons. The highest BCUT2D eigenvalue weighted by atomic mass is 16.5. The summed E-state index contributed by atoms with van der Waals surface area (Å²) in [4.78, 5) is 17.3. The summed E-state index contributed by atoms with van der Waals surface area (Å²) in [6.07, 6.45) is 1.79. The number of allylic oxidation sites excluding steroid dienone is 1. The molecule has 5 heteroatoms. The lowest BCUT2D eigenvalue weighted by Gasteiger charge is -2.39. The van der Waals surface area contributed by atoms with E-state index in [1.807, 2.05) is 12.1 Å². The molecule has 2 heterocycles. The predicted molar refractivity (Wildman–Crippen MR) is 97.7 cm³/mol. The van der Waals surface area contributed by atoms with Gasteiger partial charge in [0.1, 0.15) is 5.82 Å². The lowest BCUT2D eigenvalue weighted by atomic mass is 10.0. The molecule has 2 aliphatic heterocycles. The molecular weight excluding hydrogens is 316 g/mol. The third-order valence-electron chi connectivity index (χ3n) is 4.79. The van der Waals surface area contributed by atoms with E-state index < -0.39 is 0 Å². The molecule has 0 radical (unpaired) electrons. The minimum absolute atomic E-state index is 0.0586. The number of morpholine rings is 2. The molecule has 0 spiro atoms. The van der Waals surface area contributed by atoms with Crippen LogP contribution >= 0.6 is 0 Å². The normalized spacial score (nSPS) is 18.4. The van der Waals surface area contributed by atoms with E-state index in [4.69, 9.17) is 9.47 Å². The van der Waals surface area contributed by atoms with Gasteiger partial charge in [-0.2, -0.15) is 0 Å². The summed E-state index contributed by atoms with van der Waals surface area (Å²) in [6.45, 7) is 10.4. The maximum Gasteiger partial charge on any atom is 0.189 e. The van der Waals surface area contributed by atoms with Gasteiger partial charge in [-0.25, -0.2) is 0 Å². The van der Waals surface area contributed by atoms with E-state index in [2.05, 4.69) is 35.8 Å². The van der Waals surface area contributed by atoms with Crippen LogP contribution in [-0.4, -0.2) is 68.2 Å². The van der Waals surface area contributed by atoms with Crippen molar-refractivity contribution in [2.45, 2.75) is 19.8 Å². The number of rotatable bonds is 5. The Morgan fingerprint density at radius 1 is 0.920 bits per heavy atom. The van der Waals surface area contributed by atoms with Crippen LogP contribution in [0.4, 0.5) is 0 Å². The number of hydrogen-bond donors (Lipinski definition) is 0. The van der Waals surface area contributed by atoms with Gasteiger partial charge in [0, 0.05) is 37.8 Å². The number of hydrogen-bond acceptors (Lipinski definition) is 5. The molecule has 1 aromatic rings. The fourth-order valence-corrected chi connectivity index (χ4v) is 3.20. The largest absolute Gasteiger partial charge is 0.378 e. The number of ether oxygens (including phenoxy) is 2. The molecule has 0 atom stereocenters. The SMILES string of the molecule is CC(C)c1ccc(C(=O)C=C(N2CCOCC2)N2CCOCC2)cc1. The Balaban J connectivity index is 1.81. The number of carbonyl (C=O) groups excluding carboxylic acids is 1.